The minimum atomic E-state index is 0.354. The third-order valence-electron chi connectivity index (χ3n) is 5.10. The Morgan fingerprint density at radius 2 is 2.12 bits per heavy atom. The van der Waals surface area contributed by atoms with Crippen molar-refractivity contribution in [3.63, 3.8) is 0 Å². The molecule has 7 nitrogen and oxygen atoms in total. The van der Waals surface area contributed by atoms with E-state index in [1.54, 1.807) is 7.11 Å². The van der Waals surface area contributed by atoms with Gasteiger partial charge in [-0.15, -0.1) is 0 Å². The second kappa shape index (κ2) is 5.82. The van der Waals surface area contributed by atoms with Gasteiger partial charge in [-0.25, -0.2) is 4.98 Å². The summed E-state index contributed by atoms with van der Waals surface area (Å²) in [7, 11) is 1.76. The molecular weight excluding hydrogens is 328 g/mol. The van der Waals surface area contributed by atoms with E-state index in [2.05, 4.69) is 43.3 Å². The second-order valence-corrected chi connectivity index (χ2v) is 6.82. The summed E-state index contributed by atoms with van der Waals surface area (Å²) in [5, 5.41) is 9.12. The number of fused-ring (bicyclic) bond motifs is 3. The zero-order valence-corrected chi connectivity index (χ0v) is 14.5. The molecular formula is C19H20N6O. The molecule has 4 heterocycles. The molecule has 1 saturated heterocycles. The molecule has 0 spiro atoms. The molecule has 1 aliphatic rings. The Balaban J connectivity index is 1.54. The highest BCUT2D eigenvalue weighted by molar-refractivity contribution is 6.08. The second-order valence-electron chi connectivity index (χ2n) is 6.82. The number of hydrogen-bond acceptors (Lipinski definition) is 5. The average molecular weight is 348 g/mol. The molecule has 1 fully saturated rings. The summed E-state index contributed by atoms with van der Waals surface area (Å²) in [6, 6.07) is 10.2. The number of hydrogen-bond donors (Lipinski definition) is 3. The first kappa shape index (κ1) is 15.4. The zero-order chi connectivity index (χ0) is 17.7. The van der Waals surface area contributed by atoms with Crippen LogP contribution in [0.1, 0.15) is 5.69 Å². The number of nitrogens with one attached hydrogen (secondary N) is 2. The SMILES string of the molecule is COC1CN(Cc2cc3c(N)nc4cc(-c5cc[nH]n5)ccc4c3[nH]2)C1. The van der Waals surface area contributed by atoms with Gasteiger partial charge in [0.1, 0.15) is 5.82 Å². The number of likely N-dealkylation sites (tertiary alicyclic amines) is 1. The van der Waals surface area contributed by atoms with E-state index in [1.807, 2.05) is 18.3 Å². The fourth-order valence-corrected chi connectivity index (χ4v) is 3.66. The molecule has 0 saturated carbocycles. The highest BCUT2D eigenvalue weighted by Gasteiger charge is 2.26. The molecule has 4 N–H and O–H groups in total. The van der Waals surface area contributed by atoms with E-state index in [0.29, 0.717) is 11.9 Å². The molecule has 4 aromatic rings. The van der Waals surface area contributed by atoms with Gasteiger partial charge in [0.05, 0.1) is 22.8 Å². The molecule has 1 aliphatic heterocycles. The monoisotopic (exact) mass is 348 g/mol. The van der Waals surface area contributed by atoms with E-state index in [-0.39, 0.29) is 0 Å². The standard InChI is InChI=1S/C19H20N6O/c1-26-13-9-25(10-13)8-12-7-15-18(22-12)14-3-2-11(16-4-5-21-24-16)6-17(14)23-19(15)20/h2-7,13,22H,8-10H2,1H3,(H2,20,23)(H,21,24). The largest absolute Gasteiger partial charge is 0.383 e. The maximum atomic E-state index is 6.24. The molecule has 0 amide bonds. The van der Waals surface area contributed by atoms with Gasteiger partial charge >= 0.3 is 0 Å². The molecule has 7 heteroatoms. The molecule has 0 bridgehead atoms. The predicted molar refractivity (Wildman–Crippen MR) is 102 cm³/mol. The minimum absolute atomic E-state index is 0.354. The molecule has 0 unspecified atom stereocenters. The molecule has 132 valence electrons. The first-order chi connectivity index (χ1) is 12.7. The van der Waals surface area contributed by atoms with Gasteiger partial charge in [0.25, 0.3) is 0 Å². The predicted octanol–water partition coefficient (Wildman–Crippen LogP) is 2.52. The summed E-state index contributed by atoms with van der Waals surface area (Å²) in [6.45, 7) is 2.79. The van der Waals surface area contributed by atoms with Crippen molar-refractivity contribution in [2.75, 3.05) is 25.9 Å². The number of ether oxygens (including phenoxy) is 1. The molecule has 0 atom stereocenters. The number of nitrogen functional groups attached to an aromatic ring is 1. The van der Waals surface area contributed by atoms with Crippen LogP contribution in [0, 0.1) is 0 Å². The number of pyridine rings is 1. The Morgan fingerprint density at radius 3 is 2.88 bits per heavy atom. The van der Waals surface area contributed by atoms with E-state index in [9.17, 15) is 0 Å². The third kappa shape index (κ3) is 2.44. The van der Waals surface area contributed by atoms with Crippen LogP contribution in [-0.4, -0.2) is 51.4 Å². The van der Waals surface area contributed by atoms with Crippen LogP contribution in [0.15, 0.2) is 36.5 Å². The number of nitrogens with two attached hydrogens (primary N) is 1. The molecule has 26 heavy (non-hydrogen) atoms. The van der Waals surface area contributed by atoms with Gasteiger partial charge in [-0.2, -0.15) is 5.10 Å². The number of benzene rings is 1. The third-order valence-corrected chi connectivity index (χ3v) is 5.10. The lowest BCUT2D eigenvalue weighted by atomic mass is 10.1. The van der Waals surface area contributed by atoms with Crippen LogP contribution in [0.3, 0.4) is 0 Å². The first-order valence-corrected chi connectivity index (χ1v) is 8.67. The summed E-state index contributed by atoms with van der Waals surface area (Å²) in [5.74, 6) is 0.549. The van der Waals surface area contributed by atoms with E-state index < -0.39 is 0 Å². The molecule has 3 aromatic heterocycles. The molecule has 0 aliphatic carbocycles. The van der Waals surface area contributed by atoms with Crippen LogP contribution >= 0.6 is 0 Å². The van der Waals surface area contributed by atoms with Gasteiger partial charge in [-0.05, 0) is 18.2 Å². The van der Waals surface area contributed by atoms with Gasteiger partial charge in [0.15, 0.2) is 0 Å². The fourth-order valence-electron chi connectivity index (χ4n) is 3.66. The number of rotatable bonds is 4. The highest BCUT2D eigenvalue weighted by Crippen LogP contribution is 2.31. The summed E-state index contributed by atoms with van der Waals surface area (Å²) in [5.41, 5.74) is 11.2. The van der Waals surface area contributed by atoms with Crippen LogP contribution in [0.5, 0.6) is 0 Å². The van der Waals surface area contributed by atoms with E-state index in [0.717, 1.165) is 58.4 Å². The van der Waals surface area contributed by atoms with Crippen LogP contribution in [0.25, 0.3) is 33.1 Å². The average Bonchev–Trinajstić information content (AvgIpc) is 3.27. The lowest BCUT2D eigenvalue weighted by Crippen LogP contribution is -2.50. The Kier molecular flexibility index (Phi) is 3.44. The number of aromatic amines is 2. The Morgan fingerprint density at radius 1 is 1.23 bits per heavy atom. The summed E-state index contributed by atoms with van der Waals surface area (Å²) in [4.78, 5) is 10.5. The van der Waals surface area contributed by atoms with Crippen molar-refractivity contribution in [2.24, 2.45) is 0 Å². The van der Waals surface area contributed by atoms with Crippen LogP contribution in [-0.2, 0) is 11.3 Å². The van der Waals surface area contributed by atoms with E-state index >= 15 is 0 Å². The van der Waals surface area contributed by atoms with Crippen molar-refractivity contribution < 1.29 is 4.74 Å². The highest BCUT2D eigenvalue weighted by atomic mass is 16.5. The van der Waals surface area contributed by atoms with Crippen molar-refractivity contribution >= 4 is 27.6 Å². The molecule has 5 rings (SSSR count). The molecule has 0 radical (unpaired) electrons. The normalized spacial score (nSPS) is 15.7. The van der Waals surface area contributed by atoms with Crippen molar-refractivity contribution in [3.05, 3.63) is 42.2 Å². The molecule has 1 aromatic carbocycles. The summed E-state index contributed by atoms with van der Waals surface area (Å²) in [6.07, 6.45) is 2.17. The maximum Gasteiger partial charge on any atom is 0.133 e. The quantitative estimate of drug-likeness (QED) is 0.527. The fraction of sp³-hybridized carbons (Fsp3) is 0.263. The van der Waals surface area contributed by atoms with E-state index in [4.69, 9.17) is 10.5 Å². The van der Waals surface area contributed by atoms with Gasteiger partial charge in [0, 0.05) is 55.0 Å². The maximum absolute atomic E-state index is 6.24. The Bertz CT molecular complexity index is 1080. The number of aromatic nitrogens is 4. The van der Waals surface area contributed by atoms with Gasteiger partial charge in [-0.3, -0.25) is 10.00 Å². The van der Waals surface area contributed by atoms with Crippen LogP contribution < -0.4 is 5.73 Å². The lowest BCUT2D eigenvalue weighted by molar-refractivity contribution is -0.0338. The van der Waals surface area contributed by atoms with E-state index in [1.165, 1.54) is 0 Å². The Labute approximate surface area is 150 Å². The van der Waals surface area contributed by atoms with Crippen LogP contribution in [0.2, 0.25) is 0 Å². The van der Waals surface area contributed by atoms with Gasteiger partial charge in [0.2, 0.25) is 0 Å². The van der Waals surface area contributed by atoms with Gasteiger partial charge < -0.3 is 15.5 Å². The zero-order valence-electron chi connectivity index (χ0n) is 14.5. The first-order valence-electron chi connectivity index (χ1n) is 8.67. The lowest BCUT2D eigenvalue weighted by Gasteiger charge is -2.37. The smallest absolute Gasteiger partial charge is 0.133 e. The van der Waals surface area contributed by atoms with Crippen LogP contribution in [0.4, 0.5) is 5.82 Å². The number of methoxy groups -OCH3 is 1. The van der Waals surface area contributed by atoms with Crippen molar-refractivity contribution in [3.8, 4) is 11.3 Å². The topological polar surface area (TPSA) is 95.8 Å². The number of anilines is 1. The minimum Gasteiger partial charge on any atom is -0.383 e. The number of H-pyrrole nitrogens is 2. The van der Waals surface area contributed by atoms with Gasteiger partial charge in [-0.1, -0.05) is 12.1 Å². The number of nitrogens with zero attached hydrogens (tertiary/aromatic N) is 3. The summed E-state index contributed by atoms with van der Waals surface area (Å²) >= 11 is 0. The van der Waals surface area contributed by atoms with Crippen molar-refractivity contribution in [2.45, 2.75) is 12.6 Å². The summed E-state index contributed by atoms with van der Waals surface area (Å²) < 4.78 is 5.34. The van der Waals surface area contributed by atoms with Crippen molar-refractivity contribution in [1.82, 2.24) is 25.1 Å². The van der Waals surface area contributed by atoms with Crippen molar-refractivity contribution in [1.29, 1.82) is 0 Å². The Hall–Kier alpha value is -2.90.